The fourth-order valence-electron chi connectivity index (χ4n) is 1.56. The topological polar surface area (TPSA) is 33.1 Å². The minimum Gasteiger partial charge on any atom is -0.389 e. The molecule has 1 heterocycles. The van der Waals surface area contributed by atoms with Crippen LogP contribution in [0.25, 0.3) is 10.9 Å². The van der Waals surface area contributed by atoms with Gasteiger partial charge in [-0.15, -0.1) is 0 Å². The molecule has 0 spiro atoms. The molecule has 2 rings (SSSR count). The molecule has 0 aliphatic rings. The molecule has 0 amide bonds. The van der Waals surface area contributed by atoms with Gasteiger partial charge in [-0.3, -0.25) is 0 Å². The Hall–Kier alpha value is -1.12. The molecule has 0 bridgehead atoms. The van der Waals surface area contributed by atoms with Gasteiger partial charge >= 0.3 is 0 Å². The maximum Gasteiger partial charge on any atom is 0.135 e. The van der Waals surface area contributed by atoms with Gasteiger partial charge in [-0.25, -0.2) is 4.98 Å². The Bertz CT molecular complexity index is 508. The lowest BCUT2D eigenvalue weighted by Gasteiger charge is -2.08. The molecule has 0 aliphatic carbocycles. The number of benzene rings is 1. The third-order valence-corrected chi connectivity index (χ3v) is 2.71. The molecule has 0 saturated heterocycles. The second kappa shape index (κ2) is 3.80. The number of halogens is 1. The molecular formula is C12H12ClNO. The van der Waals surface area contributed by atoms with Gasteiger partial charge in [-0.2, -0.15) is 0 Å². The smallest absolute Gasteiger partial charge is 0.135 e. The highest BCUT2D eigenvalue weighted by molar-refractivity contribution is 6.30. The van der Waals surface area contributed by atoms with Gasteiger partial charge in [0.25, 0.3) is 0 Å². The monoisotopic (exact) mass is 221 g/mol. The maximum absolute atomic E-state index is 9.49. The maximum atomic E-state index is 9.49. The van der Waals surface area contributed by atoms with E-state index in [-0.39, 0.29) is 0 Å². The minimum atomic E-state index is -0.587. The van der Waals surface area contributed by atoms with E-state index in [1.807, 2.05) is 31.2 Å². The first-order valence-electron chi connectivity index (χ1n) is 4.83. The summed E-state index contributed by atoms with van der Waals surface area (Å²) in [5, 5.41) is 10.9. The van der Waals surface area contributed by atoms with Crippen LogP contribution in [0.4, 0.5) is 0 Å². The van der Waals surface area contributed by atoms with E-state index in [9.17, 15) is 5.11 Å². The first kappa shape index (κ1) is 10.4. The van der Waals surface area contributed by atoms with E-state index >= 15 is 0 Å². The Morgan fingerprint density at radius 3 is 2.73 bits per heavy atom. The first-order chi connectivity index (χ1) is 7.08. The summed E-state index contributed by atoms with van der Waals surface area (Å²) in [4.78, 5) is 4.26. The fraction of sp³-hybridized carbons (Fsp3) is 0.250. The van der Waals surface area contributed by atoms with Crippen molar-refractivity contribution in [3.63, 3.8) is 0 Å². The number of fused-ring (bicyclic) bond motifs is 1. The number of hydrogen-bond acceptors (Lipinski definition) is 2. The molecule has 15 heavy (non-hydrogen) atoms. The van der Waals surface area contributed by atoms with Crippen molar-refractivity contribution < 1.29 is 5.11 Å². The number of aliphatic hydroxyl groups excluding tert-OH is 1. The fourth-order valence-corrected chi connectivity index (χ4v) is 1.87. The minimum absolute atomic E-state index is 0.378. The van der Waals surface area contributed by atoms with Gasteiger partial charge in [0.1, 0.15) is 5.15 Å². The number of pyridine rings is 1. The number of aliphatic hydroxyl groups is 1. The van der Waals surface area contributed by atoms with Crippen LogP contribution >= 0.6 is 11.6 Å². The standard InChI is InChI=1S/C12H12ClNO/c1-7-3-4-9-6-10(8(2)15)12(13)14-11(9)5-7/h3-6,8,15H,1-2H3/t8-/m0/s1. The van der Waals surface area contributed by atoms with E-state index in [1.54, 1.807) is 6.92 Å². The lowest BCUT2D eigenvalue weighted by molar-refractivity contribution is 0.199. The van der Waals surface area contributed by atoms with Crippen LogP contribution in [0.2, 0.25) is 5.15 Å². The lowest BCUT2D eigenvalue weighted by atomic mass is 10.1. The Labute approximate surface area is 93.5 Å². The third kappa shape index (κ3) is 1.96. The zero-order valence-electron chi connectivity index (χ0n) is 8.66. The Morgan fingerprint density at radius 1 is 1.33 bits per heavy atom. The molecule has 78 valence electrons. The molecule has 0 aliphatic heterocycles. The van der Waals surface area contributed by atoms with E-state index in [4.69, 9.17) is 11.6 Å². The van der Waals surface area contributed by atoms with Gasteiger partial charge < -0.3 is 5.11 Å². The van der Waals surface area contributed by atoms with E-state index in [0.29, 0.717) is 10.7 Å². The zero-order valence-corrected chi connectivity index (χ0v) is 9.42. The van der Waals surface area contributed by atoms with E-state index < -0.39 is 6.10 Å². The molecule has 2 nitrogen and oxygen atoms in total. The Morgan fingerprint density at radius 2 is 2.07 bits per heavy atom. The van der Waals surface area contributed by atoms with Crippen LogP contribution in [0.5, 0.6) is 0 Å². The van der Waals surface area contributed by atoms with Crippen molar-refractivity contribution >= 4 is 22.5 Å². The van der Waals surface area contributed by atoms with Crippen molar-refractivity contribution in [1.29, 1.82) is 0 Å². The van der Waals surface area contributed by atoms with Crippen LogP contribution in [-0.4, -0.2) is 10.1 Å². The third-order valence-electron chi connectivity index (χ3n) is 2.40. The van der Waals surface area contributed by atoms with Crippen molar-refractivity contribution in [2.75, 3.05) is 0 Å². The van der Waals surface area contributed by atoms with Crippen LogP contribution in [0.15, 0.2) is 24.3 Å². The number of nitrogens with zero attached hydrogens (tertiary/aromatic N) is 1. The van der Waals surface area contributed by atoms with Gasteiger partial charge in [0.15, 0.2) is 0 Å². The predicted octanol–water partition coefficient (Wildman–Crippen LogP) is 3.25. The van der Waals surface area contributed by atoms with Gasteiger partial charge in [-0.1, -0.05) is 23.7 Å². The van der Waals surface area contributed by atoms with Crippen LogP contribution in [-0.2, 0) is 0 Å². The van der Waals surface area contributed by atoms with Gasteiger partial charge in [0.2, 0.25) is 0 Å². The molecule has 1 aromatic carbocycles. The number of hydrogen-bond donors (Lipinski definition) is 1. The molecule has 0 fully saturated rings. The molecule has 0 saturated carbocycles. The molecule has 0 unspecified atom stereocenters. The second-order valence-electron chi connectivity index (χ2n) is 3.74. The SMILES string of the molecule is Cc1ccc2cc([C@H](C)O)c(Cl)nc2c1. The van der Waals surface area contributed by atoms with Crippen molar-refractivity contribution in [2.24, 2.45) is 0 Å². The number of rotatable bonds is 1. The molecule has 1 aromatic heterocycles. The summed E-state index contributed by atoms with van der Waals surface area (Å²) < 4.78 is 0. The van der Waals surface area contributed by atoms with Crippen molar-refractivity contribution in [1.82, 2.24) is 4.98 Å². The summed E-state index contributed by atoms with van der Waals surface area (Å²) in [6.07, 6.45) is -0.587. The first-order valence-corrected chi connectivity index (χ1v) is 5.20. The van der Waals surface area contributed by atoms with Crippen LogP contribution in [0, 0.1) is 6.92 Å². The van der Waals surface area contributed by atoms with Crippen molar-refractivity contribution in [3.05, 3.63) is 40.5 Å². The summed E-state index contributed by atoms with van der Waals surface area (Å²) in [7, 11) is 0. The average molecular weight is 222 g/mol. The highest BCUT2D eigenvalue weighted by atomic mass is 35.5. The Kier molecular flexibility index (Phi) is 2.63. The lowest BCUT2D eigenvalue weighted by Crippen LogP contribution is -1.95. The van der Waals surface area contributed by atoms with Crippen molar-refractivity contribution in [2.45, 2.75) is 20.0 Å². The number of aryl methyl sites for hydroxylation is 1. The Balaban J connectivity index is 2.71. The second-order valence-corrected chi connectivity index (χ2v) is 4.10. The van der Waals surface area contributed by atoms with Crippen LogP contribution in [0.1, 0.15) is 24.2 Å². The number of aromatic nitrogens is 1. The largest absolute Gasteiger partial charge is 0.389 e. The van der Waals surface area contributed by atoms with Crippen LogP contribution in [0.3, 0.4) is 0 Å². The molecule has 1 N–H and O–H groups in total. The van der Waals surface area contributed by atoms with Gasteiger partial charge in [0.05, 0.1) is 11.6 Å². The normalized spacial score (nSPS) is 13.1. The van der Waals surface area contributed by atoms with Crippen LogP contribution < -0.4 is 0 Å². The summed E-state index contributed by atoms with van der Waals surface area (Å²) >= 11 is 5.98. The van der Waals surface area contributed by atoms with Gasteiger partial charge in [-0.05, 0) is 31.5 Å². The van der Waals surface area contributed by atoms with E-state index in [0.717, 1.165) is 16.5 Å². The molecule has 3 heteroatoms. The summed E-state index contributed by atoms with van der Waals surface area (Å²) in [5.41, 5.74) is 2.69. The quantitative estimate of drug-likeness (QED) is 0.750. The highest BCUT2D eigenvalue weighted by Crippen LogP contribution is 2.25. The summed E-state index contributed by atoms with van der Waals surface area (Å²) in [5.74, 6) is 0. The molecule has 2 aromatic rings. The average Bonchev–Trinajstić information content (AvgIpc) is 2.15. The van der Waals surface area contributed by atoms with E-state index in [1.165, 1.54) is 0 Å². The molecular weight excluding hydrogens is 210 g/mol. The zero-order chi connectivity index (χ0) is 11.0. The molecule has 0 radical (unpaired) electrons. The van der Waals surface area contributed by atoms with E-state index in [2.05, 4.69) is 4.98 Å². The highest BCUT2D eigenvalue weighted by Gasteiger charge is 2.09. The predicted molar refractivity (Wildman–Crippen MR) is 62.1 cm³/mol. The van der Waals surface area contributed by atoms with Crippen molar-refractivity contribution in [3.8, 4) is 0 Å². The summed E-state index contributed by atoms with van der Waals surface area (Å²) in [6, 6.07) is 7.87. The van der Waals surface area contributed by atoms with Gasteiger partial charge in [0, 0.05) is 10.9 Å². The summed E-state index contributed by atoms with van der Waals surface area (Å²) in [6.45, 7) is 3.69. The molecule has 1 atom stereocenters.